The number of imide groups is 1. The first-order valence-electron chi connectivity index (χ1n) is 24.6. The van der Waals surface area contributed by atoms with Gasteiger partial charge in [-0.3, -0.25) is 29.9 Å². The minimum atomic E-state index is -1.10. The summed E-state index contributed by atoms with van der Waals surface area (Å²) in [6.07, 6.45) is 9.76. The molecule has 1 atom stereocenters. The summed E-state index contributed by atoms with van der Waals surface area (Å²) in [6, 6.07) is 31.5. The van der Waals surface area contributed by atoms with Crippen LogP contribution in [0.1, 0.15) is 107 Å². The normalized spacial score (nSPS) is 19.8. The van der Waals surface area contributed by atoms with Crippen LogP contribution in [-0.2, 0) is 22.6 Å². The Morgan fingerprint density at radius 2 is 1.59 bits per heavy atom. The Morgan fingerprint density at radius 3 is 2.38 bits per heavy atom. The number of pyridine rings is 1. The number of ether oxygens (including phenoxy) is 1. The van der Waals surface area contributed by atoms with Gasteiger partial charge in [-0.05, 0) is 141 Å². The first-order chi connectivity index (χ1) is 33.6. The number of aromatic carboxylic acids is 1. The van der Waals surface area contributed by atoms with E-state index in [2.05, 4.69) is 48.5 Å². The highest BCUT2D eigenvalue weighted by Crippen LogP contribution is 2.37. The van der Waals surface area contributed by atoms with Gasteiger partial charge in [-0.15, -0.1) is 0 Å². The van der Waals surface area contributed by atoms with Gasteiger partial charge in [0.15, 0.2) is 10.8 Å². The van der Waals surface area contributed by atoms with E-state index in [0.29, 0.717) is 60.3 Å². The van der Waals surface area contributed by atoms with Gasteiger partial charge < -0.3 is 19.6 Å². The van der Waals surface area contributed by atoms with Crippen molar-refractivity contribution in [3.8, 4) is 16.9 Å². The Balaban J connectivity index is 0.692. The van der Waals surface area contributed by atoms with E-state index in [0.717, 1.165) is 102 Å². The Bertz CT molecular complexity index is 2830. The van der Waals surface area contributed by atoms with Crippen LogP contribution >= 0.6 is 11.3 Å². The molecule has 5 heterocycles. The number of aromatic nitrogens is 2. The molecule has 14 heteroatoms. The van der Waals surface area contributed by atoms with Crippen molar-refractivity contribution in [3.05, 3.63) is 131 Å². The fourth-order valence-corrected chi connectivity index (χ4v) is 11.6. The number of hydrogen-bond acceptors (Lipinski definition) is 11. The molecule has 3 aliphatic heterocycles. The molecule has 1 saturated carbocycles. The molecule has 0 spiro atoms. The maximum Gasteiger partial charge on any atom is 0.355 e. The molecule has 3 amide bonds. The molecule has 3 N–H and O–H groups in total. The van der Waals surface area contributed by atoms with E-state index in [-0.39, 0.29) is 35.4 Å². The number of piperidine rings is 1. The van der Waals surface area contributed by atoms with Crippen LogP contribution in [-0.4, -0.2) is 89.0 Å². The molecule has 69 heavy (non-hydrogen) atoms. The summed E-state index contributed by atoms with van der Waals surface area (Å²) in [5.41, 5.74) is 7.78. The molecule has 13 nitrogen and oxygen atoms in total. The number of piperazine rings is 1. The smallest absolute Gasteiger partial charge is 0.355 e. The number of carbonyl (C=O) groups is 4. The van der Waals surface area contributed by atoms with Gasteiger partial charge in [0, 0.05) is 62.5 Å². The van der Waals surface area contributed by atoms with E-state index in [1.54, 1.807) is 0 Å². The molecule has 6 aromatic rings. The van der Waals surface area contributed by atoms with Crippen molar-refractivity contribution in [2.45, 2.75) is 89.7 Å². The van der Waals surface area contributed by atoms with Crippen LogP contribution in [0.15, 0.2) is 97.1 Å². The number of hydrogen-bond donors (Lipinski definition) is 3. The van der Waals surface area contributed by atoms with Crippen LogP contribution in [0.5, 0.6) is 5.75 Å². The Kier molecular flexibility index (Phi) is 13.7. The molecule has 2 aromatic heterocycles. The highest BCUT2D eigenvalue weighted by atomic mass is 32.1. The average molecular weight is 946 g/mol. The number of benzene rings is 4. The zero-order valence-electron chi connectivity index (χ0n) is 39.1. The van der Waals surface area contributed by atoms with Crippen molar-refractivity contribution < 1.29 is 29.0 Å². The molecule has 1 aliphatic carbocycles. The van der Waals surface area contributed by atoms with Crippen molar-refractivity contribution >= 4 is 61.9 Å². The van der Waals surface area contributed by atoms with E-state index >= 15 is 0 Å². The van der Waals surface area contributed by atoms with E-state index < -0.39 is 5.97 Å². The summed E-state index contributed by atoms with van der Waals surface area (Å²) in [6.45, 7) is 8.25. The Labute approximate surface area is 406 Å². The summed E-state index contributed by atoms with van der Waals surface area (Å²) < 4.78 is 7.67. The quantitative estimate of drug-likeness (QED) is 0.0706. The van der Waals surface area contributed by atoms with Crippen LogP contribution in [0.2, 0.25) is 0 Å². The fraction of sp³-hybridized carbons (Fsp3) is 0.382. The molecule has 2 saturated heterocycles. The second kappa shape index (κ2) is 20.5. The first-order valence-corrected chi connectivity index (χ1v) is 25.4. The lowest BCUT2D eigenvalue weighted by Crippen LogP contribution is -2.46. The van der Waals surface area contributed by atoms with Crippen molar-refractivity contribution in [3.63, 3.8) is 0 Å². The molecule has 4 aromatic carbocycles. The third-order valence-corrected chi connectivity index (χ3v) is 15.7. The fourth-order valence-electron chi connectivity index (χ4n) is 10.8. The maximum atomic E-state index is 13.6. The Morgan fingerprint density at radius 1 is 0.797 bits per heavy atom. The monoisotopic (exact) mass is 945 g/mol. The number of thiazole rings is 1. The van der Waals surface area contributed by atoms with Crippen molar-refractivity contribution in [2.75, 3.05) is 54.4 Å². The zero-order valence-corrected chi connectivity index (χ0v) is 39.9. The number of carboxylic acid groups (broad SMARTS) is 1. The third kappa shape index (κ3) is 10.4. The van der Waals surface area contributed by atoms with E-state index in [9.17, 15) is 24.3 Å². The minimum Gasteiger partial charge on any atom is -0.490 e. The number of carbonyl (C=O) groups excluding carboxylic acids is 3. The lowest BCUT2D eigenvalue weighted by molar-refractivity contribution is -0.134. The van der Waals surface area contributed by atoms with Crippen molar-refractivity contribution in [2.24, 2.45) is 5.92 Å². The highest BCUT2D eigenvalue weighted by Gasteiger charge is 2.30. The van der Waals surface area contributed by atoms with E-state index in [1.807, 2.05) is 85.8 Å². The molecular weight excluding hydrogens is 887 g/mol. The largest absolute Gasteiger partial charge is 0.490 e. The number of rotatable bonds is 14. The van der Waals surface area contributed by atoms with Crippen molar-refractivity contribution in [1.29, 1.82) is 0 Å². The van der Waals surface area contributed by atoms with Gasteiger partial charge in [-0.2, -0.15) is 0 Å². The van der Waals surface area contributed by atoms with Crippen LogP contribution < -0.4 is 25.2 Å². The summed E-state index contributed by atoms with van der Waals surface area (Å²) in [5, 5.41) is 16.5. The summed E-state index contributed by atoms with van der Waals surface area (Å²) >= 11 is 1.44. The molecule has 3 fully saturated rings. The van der Waals surface area contributed by atoms with Crippen LogP contribution in [0.3, 0.4) is 0 Å². The second-order valence-electron chi connectivity index (χ2n) is 19.0. The minimum absolute atomic E-state index is 0.0150. The van der Waals surface area contributed by atoms with Gasteiger partial charge in [-0.25, -0.2) is 14.8 Å². The lowest BCUT2D eigenvalue weighted by Gasteiger charge is -2.36. The average Bonchev–Trinajstić information content (AvgIpc) is 3.78. The summed E-state index contributed by atoms with van der Waals surface area (Å²) in [7, 11) is 0. The molecule has 0 radical (unpaired) electrons. The molecular formula is C55H59N7O6S. The number of para-hydroxylation sites is 1. The maximum absolute atomic E-state index is 13.6. The molecule has 356 valence electrons. The number of nitrogens with one attached hydrogen (secondary N) is 2. The topological polar surface area (TPSA) is 157 Å². The van der Waals surface area contributed by atoms with Crippen LogP contribution in [0.25, 0.3) is 21.3 Å². The molecule has 4 aliphatic rings. The summed E-state index contributed by atoms with van der Waals surface area (Å²) in [4.78, 5) is 66.8. The van der Waals surface area contributed by atoms with Gasteiger partial charge in [0.25, 0.3) is 5.91 Å². The number of amides is 3. The number of nitrogens with zero attached hydrogens (tertiary/aromatic N) is 5. The molecule has 1 unspecified atom stereocenters. The van der Waals surface area contributed by atoms with Gasteiger partial charge >= 0.3 is 5.97 Å². The highest BCUT2D eigenvalue weighted by molar-refractivity contribution is 7.22. The lowest BCUT2D eigenvalue weighted by atomic mass is 9.84. The molecule has 0 bridgehead atoms. The third-order valence-electron chi connectivity index (χ3n) is 14.7. The van der Waals surface area contributed by atoms with Gasteiger partial charge in [0.2, 0.25) is 11.8 Å². The van der Waals surface area contributed by atoms with Crippen LogP contribution in [0.4, 0.5) is 16.6 Å². The number of unbranched alkanes of at least 4 members (excludes halogenated alkanes) is 1. The molecule has 10 rings (SSSR count). The first kappa shape index (κ1) is 46.1. The van der Waals surface area contributed by atoms with Gasteiger partial charge in [0.1, 0.15) is 11.6 Å². The predicted octanol–water partition coefficient (Wildman–Crippen LogP) is 9.63. The number of anilines is 3. The van der Waals surface area contributed by atoms with Gasteiger partial charge in [-0.1, -0.05) is 72.7 Å². The standard InChI is InChI=1S/C55H59N7O6S/c1-35-41(43-23-25-49(57-51(43)54(66)67)62-29-27-37-9-6-11-44(45(37)34-62)53(65)59-55-56-46-12-2-3-14-48(46)69-55)10-7-13-47(35)68-40-21-15-36(16-22-40)8-4-5-28-60-30-32-61(33-31-60)39-19-17-38(18-20-39)42-24-26-50(63)58-52(42)64/h2-3,6-7,9-14,17-20,23,25,36,40,42H,4-5,8,15-16,21-22,24,26-34H2,1H3,(H,66,67)(H,56,59,65)(H,58,63,64). The zero-order chi connectivity index (χ0) is 47.4. The Hall–Kier alpha value is -6.64. The number of fused-ring (bicyclic) bond motifs is 2. The van der Waals surface area contributed by atoms with E-state index in [1.165, 1.54) is 36.3 Å². The van der Waals surface area contributed by atoms with Gasteiger partial charge in [0.05, 0.1) is 22.2 Å². The predicted molar refractivity (Wildman–Crippen MR) is 271 cm³/mol. The second-order valence-corrected chi connectivity index (χ2v) is 20.1. The SMILES string of the molecule is Cc1c(OC2CCC(CCCCN3CCN(c4ccc(C5CCC(=O)NC5=O)cc4)CC3)CC2)cccc1-c1ccc(N2CCc3cccc(C(=O)Nc4nc5ccccc5s4)c3C2)nc1C(=O)O. The van der Waals surface area contributed by atoms with Crippen LogP contribution in [0, 0.1) is 12.8 Å². The number of carboxylic acids is 1. The summed E-state index contributed by atoms with van der Waals surface area (Å²) in [5.74, 6) is 0.102. The van der Waals surface area contributed by atoms with Crippen molar-refractivity contribution in [1.82, 2.24) is 20.2 Å². The van der Waals surface area contributed by atoms with E-state index in [4.69, 9.17) is 9.72 Å².